The lowest BCUT2D eigenvalue weighted by molar-refractivity contribution is -0.140. The van der Waals surface area contributed by atoms with Crippen LogP contribution in [-0.2, 0) is 18.3 Å². The summed E-state index contributed by atoms with van der Waals surface area (Å²) in [5, 5.41) is 4.21. The summed E-state index contributed by atoms with van der Waals surface area (Å²) < 4.78 is 15.1. The predicted molar refractivity (Wildman–Crippen MR) is 125 cm³/mol. The SMILES string of the molecule is CCCN1CCN(C(=O)c2cnn(C)c2C)[C@H](Cc2ccccc2-c2ccc(F)cc2)C1=O. The number of rotatable bonds is 6. The molecule has 6 nitrogen and oxygen atoms in total. The summed E-state index contributed by atoms with van der Waals surface area (Å²) in [6.07, 6.45) is 2.82. The average Bonchev–Trinajstić information content (AvgIpc) is 3.15. The third-order valence-corrected chi connectivity index (χ3v) is 6.39. The molecule has 0 aliphatic carbocycles. The van der Waals surface area contributed by atoms with Gasteiger partial charge in [0.15, 0.2) is 0 Å². The van der Waals surface area contributed by atoms with Gasteiger partial charge in [-0.05, 0) is 42.2 Å². The zero-order valence-electron chi connectivity index (χ0n) is 19.3. The van der Waals surface area contributed by atoms with E-state index in [1.807, 2.05) is 43.0 Å². The largest absolute Gasteiger partial charge is 0.339 e. The molecule has 1 fully saturated rings. The Hall–Kier alpha value is -3.48. The van der Waals surface area contributed by atoms with Gasteiger partial charge in [-0.25, -0.2) is 4.39 Å². The van der Waals surface area contributed by atoms with Crippen molar-refractivity contribution in [3.8, 4) is 11.1 Å². The second-order valence-electron chi connectivity index (χ2n) is 8.48. The van der Waals surface area contributed by atoms with Gasteiger partial charge in [0, 0.05) is 38.8 Å². The average molecular weight is 449 g/mol. The van der Waals surface area contributed by atoms with Crippen LogP contribution in [0.5, 0.6) is 0 Å². The quantitative estimate of drug-likeness (QED) is 0.576. The van der Waals surface area contributed by atoms with Gasteiger partial charge in [-0.3, -0.25) is 14.3 Å². The summed E-state index contributed by atoms with van der Waals surface area (Å²) in [7, 11) is 1.80. The molecule has 0 spiro atoms. The van der Waals surface area contributed by atoms with Crippen LogP contribution in [-0.4, -0.2) is 57.1 Å². The Morgan fingerprint density at radius 2 is 1.85 bits per heavy atom. The van der Waals surface area contributed by atoms with Crippen LogP contribution in [0.15, 0.2) is 54.7 Å². The summed E-state index contributed by atoms with van der Waals surface area (Å²) in [6.45, 7) is 5.57. The summed E-state index contributed by atoms with van der Waals surface area (Å²) in [5.74, 6) is -0.501. The van der Waals surface area contributed by atoms with Gasteiger partial charge < -0.3 is 9.80 Å². The number of halogens is 1. The van der Waals surface area contributed by atoms with E-state index in [0.29, 0.717) is 31.6 Å². The molecule has 2 amide bonds. The topological polar surface area (TPSA) is 58.4 Å². The zero-order valence-corrected chi connectivity index (χ0v) is 19.3. The molecule has 0 saturated carbocycles. The number of carbonyl (C=O) groups excluding carboxylic acids is 2. The maximum Gasteiger partial charge on any atom is 0.258 e. The van der Waals surface area contributed by atoms with E-state index in [1.165, 1.54) is 12.1 Å². The Bertz CT molecular complexity index is 1160. The molecule has 1 saturated heterocycles. The molecule has 1 atom stereocenters. The first kappa shape index (κ1) is 22.7. The fraction of sp³-hybridized carbons (Fsp3) is 0.346. The third kappa shape index (κ3) is 4.53. The molecule has 2 heterocycles. The number of hydrogen-bond donors (Lipinski definition) is 0. The third-order valence-electron chi connectivity index (χ3n) is 6.39. The van der Waals surface area contributed by atoms with E-state index in [4.69, 9.17) is 0 Å². The van der Waals surface area contributed by atoms with E-state index in [1.54, 1.807) is 35.0 Å². The normalized spacial score (nSPS) is 16.4. The number of aromatic nitrogens is 2. The molecule has 1 aliphatic rings. The van der Waals surface area contributed by atoms with Crippen LogP contribution in [0.1, 0.15) is 35.0 Å². The van der Waals surface area contributed by atoms with E-state index >= 15 is 0 Å². The minimum Gasteiger partial charge on any atom is -0.339 e. The van der Waals surface area contributed by atoms with E-state index in [-0.39, 0.29) is 17.6 Å². The minimum absolute atomic E-state index is 0.0353. The highest BCUT2D eigenvalue weighted by Crippen LogP contribution is 2.28. The molecule has 0 bridgehead atoms. The van der Waals surface area contributed by atoms with Crippen LogP contribution in [0.3, 0.4) is 0 Å². The summed E-state index contributed by atoms with van der Waals surface area (Å²) in [4.78, 5) is 30.6. The smallest absolute Gasteiger partial charge is 0.258 e. The number of piperazine rings is 1. The number of benzene rings is 2. The van der Waals surface area contributed by atoms with Gasteiger partial charge in [-0.15, -0.1) is 0 Å². The van der Waals surface area contributed by atoms with Crippen molar-refractivity contribution in [2.75, 3.05) is 19.6 Å². The number of amides is 2. The molecule has 33 heavy (non-hydrogen) atoms. The number of nitrogens with zero attached hydrogens (tertiary/aromatic N) is 4. The molecule has 1 aliphatic heterocycles. The molecular formula is C26H29FN4O2. The fourth-order valence-electron chi connectivity index (χ4n) is 4.45. The van der Waals surface area contributed by atoms with E-state index < -0.39 is 6.04 Å². The van der Waals surface area contributed by atoms with Crippen LogP contribution in [0, 0.1) is 12.7 Å². The number of aryl methyl sites for hydroxylation is 1. The van der Waals surface area contributed by atoms with Crippen molar-refractivity contribution < 1.29 is 14.0 Å². The van der Waals surface area contributed by atoms with Crippen LogP contribution >= 0.6 is 0 Å². The Morgan fingerprint density at radius 1 is 1.12 bits per heavy atom. The molecule has 172 valence electrons. The maximum absolute atomic E-state index is 13.5. The second-order valence-corrected chi connectivity index (χ2v) is 8.48. The van der Waals surface area contributed by atoms with Gasteiger partial charge in [0.05, 0.1) is 11.8 Å². The van der Waals surface area contributed by atoms with Crippen LogP contribution in [0.2, 0.25) is 0 Å². The lowest BCUT2D eigenvalue weighted by atomic mass is 9.93. The van der Waals surface area contributed by atoms with Crippen LogP contribution < -0.4 is 0 Å². The lowest BCUT2D eigenvalue weighted by Gasteiger charge is -2.41. The first-order chi connectivity index (χ1) is 15.9. The lowest BCUT2D eigenvalue weighted by Crippen LogP contribution is -2.59. The monoisotopic (exact) mass is 448 g/mol. The van der Waals surface area contributed by atoms with E-state index in [0.717, 1.165) is 28.8 Å². The standard InChI is InChI=1S/C26H29FN4O2/c1-4-13-30-14-15-31(25(32)23-17-28-29(3)18(23)2)24(26(30)33)16-20-7-5-6-8-22(20)19-9-11-21(27)12-10-19/h5-12,17,24H,4,13-16H2,1-3H3/t24-/m1/s1. The maximum atomic E-state index is 13.5. The molecule has 2 aromatic carbocycles. The molecule has 0 N–H and O–H groups in total. The highest BCUT2D eigenvalue weighted by molar-refractivity contribution is 5.99. The predicted octanol–water partition coefficient (Wildman–Crippen LogP) is 3.84. The van der Waals surface area contributed by atoms with Crippen molar-refractivity contribution in [3.05, 3.63) is 77.4 Å². The molecule has 4 rings (SSSR count). The van der Waals surface area contributed by atoms with Crippen molar-refractivity contribution in [2.24, 2.45) is 7.05 Å². The van der Waals surface area contributed by atoms with E-state index in [9.17, 15) is 14.0 Å². The number of carbonyl (C=O) groups is 2. The van der Waals surface area contributed by atoms with Crippen molar-refractivity contribution >= 4 is 11.8 Å². The fourth-order valence-corrected chi connectivity index (χ4v) is 4.45. The molecule has 0 radical (unpaired) electrons. The van der Waals surface area contributed by atoms with Gasteiger partial charge in [0.1, 0.15) is 11.9 Å². The second kappa shape index (κ2) is 9.57. The Kier molecular flexibility index (Phi) is 6.58. The molecule has 0 unspecified atom stereocenters. The molecular weight excluding hydrogens is 419 g/mol. The highest BCUT2D eigenvalue weighted by atomic mass is 19.1. The Labute approximate surface area is 193 Å². The highest BCUT2D eigenvalue weighted by Gasteiger charge is 2.38. The molecule has 3 aromatic rings. The van der Waals surface area contributed by atoms with Gasteiger partial charge in [-0.2, -0.15) is 5.10 Å². The van der Waals surface area contributed by atoms with Crippen molar-refractivity contribution in [2.45, 2.75) is 32.7 Å². The van der Waals surface area contributed by atoms with Gasteiger partial charge in [0.2, 0.25) is 5.91 Å². The van der Waals surface area contributed by atoms with Gasteiger partial charge in [-0.1, -0.05) is 43.3 Å². The molecule has 7 heteroatoms. The first-order valence-electron chi connectivity index (χ1n) is 11.3. The summed E-state index contributed by atoms with van der Waals surface area (Å²) in [6, 6.07) is 13.5. The zero-order chi connectivity index (χ0) is 23.5. The first-order valence-corrected chi connectivity index (χ1v) is 11.3. The summed E-state index contributed by atoms with van der Waals surface area (Å²) in [5.41, 5.74) is 4.05. The van der Waals surface area contributed by atoms with Crippen LogP contribution in [0.4, 0.5) is 4.39 Å². The summed E-state index contributed by atoms with van der Waals surface area (Å²) >= 11 is 0. The Balaban J connectivity index is 1.70. The minimum atomic E-state index is -0.612. The van der Waals surface area contributed by atoms with Crippen LogP contribution in [0.25, 0.3) is 11.1 Å². The van der Waals surface area contributed by atoms with Gasteiger partial charge in [0.25, 0.3) is 5.91 Å². The Morgan fingerprint density at radius 3 is 2.52 bits per heavy atom. The van der Waals surface area contributed by atoms with Gasteiger partial charge >= 0.3 is 0 Å². The number of hydrogen-bond acceptors (Lipinski definition) is 3. The molecule has 1 aromatic heterocycles. The van der Waals surface area contributed by atoms with E-state index in [2.05, 4.69) is 5.10 Å². The van der Waals surface area contributed by atoms with Crippen molar-refractivity contribution in [1.82, 2.24) is 19.6 Å². The van der Waals surface area contributed by atoms with Crippen molar-refractivity contribution in [1.29, 1.82) is 0 Å². The van der Waals surface area contributed by atoms with Crippen molar-refractivity contribution in [3.63, 3.8) is 0 Å².